The highest BCUT2D eigenvalue weighted by atomic mass is 19.1. The van der Waals surface area contributed by atoms with Gasteiger partial charge in [-0.25, -0.2) is 9.18 Å². The Morgan fingerprint density at radius 1 is 1.15 bits per heavy atom. The van der Waals surface area contributed by atoms with Crippen molar-refractivity contribution >= 4 is 17.4 Å². The Bertz CT molecular complexity index is 598. The van der Waals surface area contributed by atoms with Gasteiger partial charge in [-0.2, -0.15) is 0 Å². The number of hydrogen-bond donors (Lipinski definition) is 3. The van der Waals surface area contributed by atoms with Crippen LogP contribution in [0.2, 0.25) is 0 Å². The van der Waals surface area contributed by atoms with Gasteiger partial charge in [0.1, 0.15) is 5.82 Å². The molecule has 5 heteroatoms. The van der Waals surface area contributed by atoms with E-state index in [-0.39, 0.29) is 11.9 Å². The van der Waals surface area contributed by atoms with Crippen molar-refractivity contribution in [3.8, 4) is 0 Å². The summed E-state index contributed by atoms with van der Waals surface area (Å²) in [7, 11) is 0. The van der Waals surface area contributed by atoms with Crippen LogP contribution in [0.5, 0.6) is 0 Å². The summed E-state index contributed by atoms with van der Waals surface area (Å²) >= 11 is 0. The van der Waals surface area contributed by atoms with E-state index in [1.165, 1.54) is 12.1 Å². The molecular weight excluding hydrogens is 257 g/mol. The van der Waals surface area contributed by atoms with Gasteiger partial charge < -0.3 is 16.4 Å². The number of benzene rings is 2. The van der Waals surface area contributed by atoms with Gasteiger partial charge in [-0.1, -0.05) is 12.1 Å². The molecule has 0 saturated heterocycles. The van der Waals surface area contributed by atoms with Crippen LogP contribution in [-0.4, -0.2) is 6.03 Å². The molecule has 4 N–H and O–H groups in total. The molecule has 0 bridgehead atoms. The fourth-order valence-corrected chi connectivity index (χ4v) is 1.90. The maximum absolute atomic E-state index is 13.2. The van der Waals surface area contributed by atoms with Gasteiger partial charge in [0.15, 0.2) is 0 Å². The highest BCUT2D eigenvalue weighted by Crippen LogP contribution is 2.21. The van der Waals surface area contributed by atoms with Gasteiger partial charge in [0, 0.05) is 17.4 Å². The molecule has 4 nitrogen and oxygen atoms in total. The first-order valence-corrected chi connectivity index (χ1v) is 6.23. The molecule has 0 heterocycles. The van der Waals surface area contributed by atoms with Gasteiger partial charge in [-0.15, -0.1) is 0 Å². The molecule has 0 aliphatic rings. The SMILES string of the molecule is CC(Nc1ccc(NC(N)=O)cc1)c1cccc(F)c1. The number of nitrogens with one attached hydrogen (secondary N) is 2. The molecule has 2 amide bonds. The summed E-state index contributed by atoms with van der Waals surface area (Å²) in [5.41, 5.74) is 7.40. The van der Waals surface area contributed by atoms with Gasteiger partial charge in [0.25, 0.3) is 0 Å². The zero-order valence-electron chi connectivity index (χ0n) is 11.1. The fraction of sp³-hybridized carbons (Fsp3) is 0.133. The van der Waals surface area contributed by atoms with Crippen LogP contribution in [0.3, 0.4) is 0 Å². The average Bonchev–Trinajstić information content (AvgIpc) is 2.40. The predicted molar refractivity (Wildman–Crippen MR) is 78.1 cm³/mol. The normalized spacial score (nSPS) is 11.7. The van der Waals surface area contributed by atoms with E-state index in [1.54, 1.807) is 18.2 Å². The van der Waals surface area contributed by atoms with E-state index in [9.17, 15) is 9.18 Å². The average molecular weight is 273 g/mol. The Balaban J connectivity index is 2.04. The monoisotopic (exact) mass is 273 g/mol. The molecule has 2 aromatic carbocycles. The second-order valence-corrected chi connectivity index (χ2v) is 4.49. The molecule has 20 heavy (non-hydrogen) atoms. The van der Waals surface area contributed by atoms with E-state index in [0.717, 1.165) is 11.3 Å². The predicted octanol–water partition coefficient (Wildman–Crippen LogP) is 3.49. The lowest BCUT2D eigenvalue weighted by Crippen LogP contribution is -2.19. The number of carbonyl (C=O) groups is 1. The second kappa shape index (κ2) is 6.06. The van der Waals surface area contributed by atoms with E-state index in [1.807, 2.05) is 25.1 Å². The first-order valence-electron chi connectivity index (χ1n) is 6.23. The van der Waals surface area contributed by atoms with Crippen LogP contribution in [0.15, 0.2) is 48.5 Å². The molecule has 2 rings (SSSR count). The smallest absolute Gasteiger partial charge is 0.316 e. The number of hydrogen-bond acceptors (Lipinski definition) is 2. The molecule has 0 spiro atoms. The van der Waals surface area contributed by atoms with Crippen molar-refractivity contribution in [1.82, 2.24) is 0 Å². The van der Waals surface area contributed by atoms with Crippen LogP contribution < -0.4 is 16.4 Å². The maximum Gasteiger partial charge on any atom is 0.316 e. The fourth-order valence-electron chi connectivity index (χ4n) is 1.90. The van der Waals surface area contributed by atoms with Gasteiger partial charge in [0.05, 0.1) is 0 Å². The van der Waals surface area contributed by atoms with Crippen LogP contribution >= 0.6 is 0 Å². The third-order valence-corrected chi connectivity index (χ3v) is 2.88. The van der Waals surface area contributed by atoms with Crippen LogP contribution in [0.25, 0.3) is 0 Å². The van der Waals surface area contributed by atoms with Gasteiger partial charge in [-0.05, 0) is 48.9 Å². The maximum atomic E-state index is 13.2. The molecule has 104 valence electrons. The summed E-state index contributed by atoms with van der Waals surface area (Å²) in [6, 6.07) is 13.0. The lowest BCUT2D eigenvalue weighted by atomic mass is 10.1. The van der Waals surface area contributed by atoms with Crippen molar-refractivity contribution in [3.63, 3.8) is 0 Å². The van der Waals surface area contributed by atoms with Crippen molar-refractivity contribution in [2.75, 3.05) is 10.6 Å². The number of halogens is 1. The van der Waals surface area contributed by atoms with E-state index in [4.69, 9.17) is 5.73 Å². The minimum Gasteiger partial charge on any atom is -0.379 e. The second-order valence-electron chi connectivity index (χ2n) is 4.49. The zero-order chi connectivity index (χ0) is 14.5. The van der Waals surface area contributed by atoms with Crippen LogP contribution in [0.1, 0.15) is 18.5 Å². The number of nitrogens with two attached hydrogens (primary N) is 1. The van der Waals surface area contributed by atoms with E-state index >= 15 is 0 Å². The molecule has 0 aliphatic heterocycles. The number of rotatable bonds is 4. The quantitative estimate of drug-likeness (QED) is 0.798. The molecule has 1 atom stereocenters. The number of primary amides is 1. The molecule has 0 saturated carbocycles. The first kappa shape index (κ1) is 13.9. The molecule has 0 aromatic heterocycles. The minimum atomic E-state index is -0.598. The van der Waals surface area contributed by atoms with Crippen molar-refractivity contribution in [3.05, 3.63) is 59.9 Å². The Morgan fingerprint density at radius 3 is 2.40 bits per heavy atom. The standard InChI is InChI=1S/C15H16FN3O/c1-10(11-3-2-4-12(16)9-11)18-13-5-7-14(8-6-13)19-15(17)20/h2-10,18H,1H3,(H3,17,19,20). The first-order chi connectivity index (χ1) is 9.54. The highest BCUT2D eigenvalue weighted by molar-refractivity contribution is 5.87. The molecule has 0 aliphatic carbocycles. The van der Waals surface area contributed by atoms with Crippen molar-refractivity contribution in [2.24, 2.45) is 5.73 Å². The van der Waals surface area contributed by atoms with Gasteiger partial charge >= 0.3 is 6.03 Å². The third kappa shape index (κ3) is 3.71. The van der Waals surface area contributed by atoms with Gasteiger partial charge in [-0.3, -0.25) is 0 Å². The van der Waals surface area contributed by atoms with E-state index in [2.05, 4.69) is 10.6 Å². The van der Waals surface area contributed by atoms with Crippen LogP contribution in [0, 0.1) is 5.82 Å². The summed E-state index contributed by atoms with van der Waals surface area (Å²) in [5.74, 6) is -0.253. The van der Waals surface area contributed by atoms with Crippen molar-refractivity contribution in [2.45, 2.75) is 13.0 Å². The third-order valence-electron chi connectivity index (χ3n) is 2.88. The number of urea groups is 1. The summed E-state index contributed by atoms with van der Waals surface area (Å²) in [5, 5.41) is 5.74. The van der Waals surface area contributed by atoms with Gasteiger partial charge in [0.2, 0.25) is 0 Å². The van der Waals surface area contributed by atoms with Crippen molar-refractivity contribution in [1.29, 1.82) is 0 Å². The number of amides is 2. The Labute approximate surface area is 116 Å². The zero-order valence-corrected chi connectivity index (χ0v) is 11.1. The topological polar surface area (TPSA) is 67.2 Å². The van der Waals surface area contributed by atoms with E-state index < -0.39 is 6.03 Å². The number of anilines is 2. The lowest BCUT2D eigenvalue weighted by Gasteiger charge is -2.16. The van der Waals surface area contributed by atoms with E-state index in [0.29, 0.717) is 5.69 Å². The lowest BCUT2D eigenvalue weighted by molar-refractivity contribution is 0.259. The highest BCUT2D eigenvalue weighted by Gasteiger charge is 2.06. The molecule has 1 unspecified atom stereocenters. The van der Waals surface area contributed by atoms with Crippen LogP contribution in [0.4, 0.5) is 20.6 Å². The Morgan fingerprint density at radius 2 is 1.80 bits per heavy atom. The molecule has 0 fully saturated rings. The number of carbonyl (C=O) groups excluding carboxylic acids is 1. The van der Waals surface area contributed by atoms with Crippen LogP contribution in [-0.2, 0) is 0 Å². The molecule has 2 aromatic rings. The molecular formula is C15H16FN3O. The molecule has 0 radical (unpaired) electrons. The van der Waals surface area contributed by atoms with Crippen molar-refractivity contribution < 1.29 is 9.18 Å². The largest absolute Gasteiger partial charge is 0.379 e. The summed E-state index contributed by atoms with van der Waals surface area (Å²) in [6.07, 6.45) is 0. The Kier molecular flexibility index (Phi) is 4.20. The summed E-state index contributed by atoms with van der Waals surface area (Å²) in [6.45, 7) is 1.95. The Hall–Kier alpha value is -2.56. The summed E-state index contributed by atoms with van der Waals surface area (Å²) < 4.78 is 13.2. The minimum absolute atomic E-state index is 0.0272. The summed E-state index contributed by atoms with van der Waals surface area (Å²) in [4.78, 5) is 10.7.